The lowest BCUT2D eigenvalue weighted by Gasteiger charge is -2.29. The second-order valence-corrected chi connectivity index (χ2v) is 13.7. The lowest BCUT2D eigenvalue weighted by atomic mass is 9.86. The standard InChI is InChI=1S/C34H44N6/c1-33(2,3)25-13-15-29-27(23-25)31(39(35-29)37-19-9-7-10-20-37)17-18-32-28-24-26(34(4,5)6)14-16-30(28)36-40(32)38-21-11-8-12-22-38/h13-16,23-24H,7-12,19-22H2,1-6H3. The summed E-state index contributed by atoms with van der Waals surface area (Å²) in [6, 6.07) is 13.4. The molecule has 2 aliphatic rings. The Labute approximate surface area is 239 Å². The van der Waals surface area contributed by atoms with E-state index in [1.807, 2.05) is 0 Å². The molecule has 0 bridgehead atoms. The Bertz CT molecular complexity index is 1470. The first kappa shape index (κ1) is 26.7. The summed E-state index contributed by atoms with van der Waals surface area (Å²) >= 11 is 0. The molecule has 0 aliphatic carbocycles. The summed E-state index contributed by atoms with van der Waals surface area (Å²) in [6.45, 7) is 17.7. The minimum absolute atomic E-state index is 0.0541. The van der Waals surface area contributed by atoms with Crippen LogP contribution in [-0.2, 0) is 10.8 Å². The monoisotopic (exact) mass is 536 g/mol. The molecule has 40 heavy (non-hydrogen) atoms. The first-order chi connectivity index (χ1) is 19.1. The van der Waals surface area contributed by atoms with Crippen molar-refractivity contribution in [3.8, 4) is 11.8 Å². The highest BCUT2D eigenvalue weighted by Gasteiger charge is 2.23. The Hall–Kier alpha value is -3.46. The van der Waals surface area contributed by atoms with E-state index >= 15 is 0 Å². The molecule has 4 aromatic rings. The Morgan fingerprint density at radius 2 is 0.925 bits per heavy atom. The van der Waals surface area contributed by atoms with Crippen molar-refractivity contribution in [3.63, 3.8) is 0 Å². The van der Waals surface area contributed by atoms with Crippen molar-refractivity contribution in [1.82, 2.24) is 19.8 Å². The zero-order valence-corrected chi connectivity index (χ0v) is 25.2. The number of nitrogens with zero attached hydrogens (tertiary/aromatic N) is 6. The van der Waals surface area contributed by atoms with Gasteiger partial charge in [0.1, 0.15) is 11.4 Å². The highest BCUT2D eigenvalue weighted by atomic mass is 15.7. The maximum Gasteiger partial charge on any atom is 0.143 e. The highest BCUT2D eigenvalue weighted by molar-refractivity contribution is 5.88. The predicted molar refractivity (Wildman–Crippen MR) is 166 cm³/mol. The van der Waals surface area contributed by atoms with E-state index in [4.69, 9.17) is 10.2 Å². The fraction of sp³-hybridized carbons (Fsp3) is 0.529. The van der Waals surface area contributed by atoms with Gasteiger partial charge in [-0.05, 0) is 96.6 Å². The number of piperidine rings is 2. The van der Waals surface area contributed by atoms with E-state index < -0.39 is 0 Å². The smallest absolute Gasteiger partial charge is 0.143 e. The van der Waals surface area contributed by atoms with E-state index in [9.17, 15) is 0 Å². The van der Waals surface area contributed by atoms with Gasteiger partial charge in [0.05, 0.1) is 11.0 Å². The van der Waals surface area contributed by atoms with Crippen LogP contribution in [0.4, 0.5) is 0 Å². The minimum atomic E-state index is 0.0541. The van der Waals surface area contributed by atoms with Gasteiger partial charge in [-0.2, -0.15) is 19.8 Å². The van der Waals surface area contributed by atoms with Crippen molar-refractivity contribution in [3.05, 3.63) is 58.9 Å². The quantitative estimate of drug-likeness (QED) is 0.270. The lowest BCUT2D eigenvalue weighted by Crippen LogP contribution is -2.41. The van der Waals surface area contributed by atoms with Gasteiger partial charge in [0.15, 0.2) is 0 Å². The summed E-state index contributed by atoms with van der Waals surface area (Å²) in [4.78, 5) is 4.21. The van der Waals surface area contributed by atoms with Gasteiger partial charge in [-0.25, -0.2) is 0 Å². The first-order valence-electron chi connectivity index (χ1n) is 15.2. The molecular weight excluding hydrogens is 492 g/mol. The summed E-state index contributed by atoms with van der Waals surface area (Å²) in [7, 11) is 0. The van der Waals surface area contributed by atoms with Crippen LogP contribution in [0, 0.1) is 11.8 Å². The average molecular weight is 537 g/mol. The van der Waals surface area contributed by atoms with Crippen molar-refractivity contribution in [2.45, 2.75) is 90.9 Å². The van der Waals surface area contributed by atoms with E-state index in [1.165, 1.54) is 49.7 Å². The number of hydrogen-bond acceptors (Lipinski definition) is 4. The van der Waals surface area contributed by atoms with Crippen molar-refractivity contribution in [2.75, 3.05) is 36.2 Å². The first-order valence-corrected chi connectivity index (χ1v) is 15.2. The normalized spacial score (nSPS) is 16.9. The molecule has 6 rings (SSSR count). The minimum Gasteiger partial charge on any atom is -0.296 e. The van der Waals surface area contributed by atoms with Crippen LogP contribution < -0.4 is 10.0 Å². The molecule has 2 aliphatic heterocycles. The Kier molecular flexibility index (Phi) is 6.81. The van der Waals surface area contributed by atoms with Crippen molar-refractivity contribution in [1.29, 1.82) is 0 Å². The third kappa shape index (κ3) is 5.07. The van der Waals surface area contributed by atoms with Crippen LogP contribution in [0.2, 0.25) is 0 Å². The molecule has 2 aromatic heterocycles. The molecule has 6 nitrogen and oxygen atoms in total. The number of aromatic nitrogens is 4. The van der Waals surface area contributed by atoms with Gasteiger partial charge < -0.3 is 0 Å². The molecule has 0 spiro atoms. The average Bonchev–Trinajstić information content (AvgIpc) is 3.49. The maximum absolute atomic E-state index is 5.09. The van der Waals surface area contributed by atoms with Crippen LogP contribution in [0.25, 0.3) is 21.8 Å². The van der Waals surface area contributed by atoms with E-state index in [0.717, 1.165) is 59.4 Å². The molecule has 0 amide bonds. The molecular formula is C34H44N6. The molecule has 2 aromatic carbocycles. The SMILES string of the molecule is CC(C)(C)c1ccc2nn(N3CCCCC3)c(C#Cc3c4cc(C(C)(C)C)ccc4nn3N3CCCCC3)c2c1. The number of hydrogen-bond donors (Lipinski definition) is 0. The molecule has 0 N–H and O–H groups in total. The predicted octanol–water partition coefficient (Wildman–Crippen LogP) is 6.62. The second kappa shape index (κ2) is 10.2. The number of fused-ring (bicyclic) bond motifs is 2. The van der Waals surface area contributed by atoms with Crippen LogP contribution in [0.15, 0.2) is 36.4 Å². The molecule has 2 fully saturated rings. The van der Waals surface area contributed by atoms with Gasteiger partial charge in [0.25, 0.3) is 0 Å². The fourth-order valence-electron chi connectivity index (χ4n) is 5.97. The Morgan fingerprint density at radius 1 is 0.550 bits per heavy atom. The van der Waals surface area contributed by atoms with Crippen molar-refractivity contribution < 1.29 is 0 Å². The topological polar surface area (TPSA) is 42.1 Å². The Morgan fingerprint density at radius 3 is 1.27 bits per heavy atom. The zero-order chi connectivity index (χ0) is 28.1. The highest BCUT2D eigenvalue weighted by Crippen LogP contribution is 2.30. The van der Waals surface area contributed by atoms with Crippen LogP contribution >= 0.6 is 0 Å². The summed E-state index contributed by atoms with van der Waals surface area (Å²) in [5.74, 6) is 7.33. The van der Waals surface area contributed by atoms with Crippen LogP contribution in [-0.4, -0.2) is 46.0 Å². The Balaban J connectivity index is 1.56. The second-order valence-electron chi connectivity index (χ2n) is 13.7. The van der Waals surface area contributed by atoms with E-state index in [0.29, 0.717) is 0 Å². The third-order valence-electron chi connectivity index (χ3n) is 8.54. The molecule has 210 valence electrons. The van der Waals surface area contributed by atoms with E-state index in [1.54, 1.807) is 0 Å². The van der Waals surface area contributed by atoms with E-state index in [-0.39, 0.29) is 10.8 Å². The summed E-state index contributed by atoms with van der Waals surface area (Å²) in [5.41, 5.74) is 6.69. The summed E-state index contributed by atoms with van der Waals surface area (Å²) < 4.78 is 0. The van der Waals surface area contributed by atoms with Gasteiger partial charge in [-0.1, -0.05) is 53.7 Å². The van der Waals surface area contributed by atoms with Gasteiger partial charge >= 0.3 is 0 Å². The van der Waals surface area contributed by atoms with Crippen LogP contribution in [0.5, 0.6) is 0 Å². The molecule has 2 saturated heterocycles. The molecule has 4 heterocycles. The van der Waals surface area contributed by atoms with Crippen molar-refractivity contribution in [2.24, 2.45) is 0 Å². The fourth-order valence-corrected chi connectivity index (χ4v) is 5.97. The van der Waals surface area contributed by atoms with Gasteiger partial charge in [-0.3, -0.25) is 10.0 Å². The van der Waals surface area contributed by atoms with Gasteiger partial charge in [0, 0.05) is 37.0 Å². The molecule has 0 atom stereocenters. The lowest BCUT2D eigenvalue weighted by molar-refractivity contribution is 0.448. The van der Waals surface area contributed by atoms with E-state index in [2.05, 4.69) is 109 Å². The molecule has 0 saturated carbocycles. The number of rotatable bonds is 2. The third-order valence-corrected chi connectivity index (χ3v) is 8.54. The molecule has 0 unspecified atom stereocenters. The summed E-state index contributed by atoms with van der Waals surface area (Å²) in [5, 5.41) is 17.2. The maximum atomic E-state index is 5.09. The molecule has 0 radical (unpaired) electrons. The number of benzene rings is 2. The largest absolute Gasteiger partial charge is 0.296 e. The summed E-state index contributed by atoms with van der Waals surface area (Å²) in [6.07, 6.45) is 7.33. The zero-order valence-electron chi connectivity index (χ0n) is 25.2. The van der Waals surface area contributed by atoms with Crippen LogP contribution in [0.1, 0.15) is 103 Å². The van der Waals surface area contributed by atoms with Gasteiger partial charge in [0.2, 0.25) is 0 Å². The van der Waals surface area contributed by atoms with Gasteiger partial charge in [-0.15, -0.1) is 0 Å². The van der Waals surface area contributed by atoms with Crippen molar-refractivity contribution >= 4 is 21.8 Å². The van der Waals surface area contributed by atoms with Crippen LogP contribution in [0.3, 0.4) is 0 Å². The molecule has 6 heteroatoms.